The third-order valence-corrected chi connectivity index (χ3v) is 3.47. The van der Waals surface area contributed by atoms with Crippen molar-refractivity contribution in [1.82, 2.24) is 5.32 Å². The molecule has 0 aliphatic rings. The minimum atomic E-state index is -0.842. The first-order valence-corrected chi connectivity index (χ1v) is 7.20. The van der Waals surface area contributed by atoms with E-state index in [4.69, 9.17) is 0 Å². The van der Waals surface area contributed by atoms with Gasteiger partial charge in [0.25, 0.3) is 0 Å². The first-order valence-electron chi connectivity index (χ1n) is 5.48. The van der Waals surface area contributed by atoms with E-state index in [-0.39, 0.29) is 23.6 Å². The van der Waals surface area contributed by atoms with Gasteiger partial charge in [-0.25, -0.2) is 0 Å². The number of nitrogens with one attached hydrogen (secondary N) is 1. The van der Waals surface area contributed by atoms with E-state index in [2.05, 4.69) is 5.32 Å². The molecule has 0 heterocycles. The molecule has 3 N–H and O–H groups in total. The number of rotatable bonds is 5. The first kappa shape index (κ1) is 14.0. The lowest BCUT2D eigenvalue weighted by Crippen LogP contribution is -2.33. The highest BCUT2D eigenvalue weighted by atomic mass is 32.2. The highest BCUT2D eigenvalue weighted by Gasteiger charge is 2.14. The molecular weight excluding hydrogens is 238 g/mol. The largest absolute Gasteiger partial charge is 0.508 e. The molecule has 96 valence electrons. The van der Waals surface area contributed by atoms with Gasteiger partial charge >= 0.3 is 0 Å². The Morgan fingerprint density at radius 2 is 2.00 bits per heavy atom. The van der Waals surface area contributed by atoms with Crippen LogP contribution < -0.4 is 5.32 Å². The maximum absolute atomic E-state index is 11.1. The minimum Gasteiger partial charge on any atom is -0.508 e. The summed E-state index contributed by atoms with van der Waals surface area (Å²) in [5.41, 5.74) is 0.719. The molecule has 0 saturated carbocycles. The van der Waals surface area contributed by atoms with E-state index >= 15 is 0 Å². The SMILES string of the molecule is CC(CS(C)=O)NC(C)c1ccc(O)cc1O. The summed E-state index contributed by atoms with van der Waals surface area (Å²) in [6, 6.07) is 4.57. The summed E-state index contributed by atoms with van der Waals surface area (Å²) in [4.78, 5) is 0. The Balaban J connectivity index is 2.69. The topological polar surface area (TPSA) is 69.6 Å². The van der Waals surface area contributed by atoms with Gasteiger partial charge in [0.05, 0.1) is 0 Å². The fraction of sp³-hybridized carbons (Fsp3) is 0.500. The number of benzene rings is 1. The van der Waals surface area contributed by atoms with Gasteiger partial charge in [-0.1, -0.05) is 6.07 Å². The van der Waals surface area contributed by atoms with Crippen LogP contribution in [0.4, 0.5) is 0 Å². The van der Waals surface area contributed by atoms with Gasteiger partial charge in [0.2, 0.25) is 0 Å². The molecule has 4 nitrogen and oxygen atoms in total. The van der Waals surface area contributed by atoms with Crippen molar-refractivity contribution in [2.24, 2.45) is 0 Å². The molecule has 1 aromatic carbocycles. The van der Waals surface area contributed by atoms with Crippen molar-refractivity contribution in [3.63, 3.8) is 0 Å². The Kier molecular flexibility index (Phi) is 4.96. The summed E-state index contributed by atoms with van der Waals surface area (Å²) in [7, 11) is -0.842. The lowest BCUT2D eigenvalue weighted by Gasteiger charge is -2.20. The van der Waals surface area contributed by atoms with Crippen LogP contribution in [0.1, 0.15) is 25.5 Å². The van der Waals surface area contributed by atoms with Gasteiger partial charge in [-0.05, 0) is 19.9 Å². The van der Waals surface area contributed by atoms with Gasteiger partial charge < -0.3 is 15.5 Å². The lowest BCUT2D eigenvalue weighted by molar-refractivity contribution is 0.430. The fourth-order valence-electron chi connectivity index (χ4n) is 1.81. The van der Waals surface area contributed by atoms with Crippen LogP contribution in [0.3, 0.4) is 0 Å². The van der Waals surface area contributed by atoms with Gasteiger partial charge in [0.1, 0.15) is 11.5 Å². The van der Waals surface area contributed by atoms with Crippen molar-refractivity contribution in [3.05, 3.63) is 23.8 Å². The van der Waals surface area contributed by atoms with Crippen LogP contribution in [0.5, 0.6) is 11.5 Å². The van der Waals surface area contributed by atoms with Crippen LogP contribution in [-0.4, -0.2) is 32.5 Å². The molecule has 5 heteroatoms. The third kappa shape index (κ3) is 4.36. The van der Waals surface area contributed by atoms with Crippen molar-refractivity contribution in [2.45, 2.75) is 25.9 Å². The Bertz CT molecular complexity index is 409. The van der Waals surface area contributed by atoms with Crippen LogP contribution >= 0.6 is 0 Å². The summed E-state index contributed by atoms with van der Waals surface area (Å²) < 4.78 is 11.1. The number of phenols is 2. The normalized spacial score (nSPS) is 16.4. The zero-order chi connectivity index (χ0) is 13.0. The summed E-state index contributed by atoms with van der Waals surface area (Å²) in [6.07, 6.45) is 1.67. The molecule has 3 atom stereocenters. The Hall–Kier alpha value is -1.07. The van der Waals surface area contributed by atoms with Crippen molar-refractivity contribution >= 4 is 10.8 Å². The van der Waals surface area contributed by atoms with E-state index in [1.165, 1.54) is 12.1 Å². The van der Waals surface area contributed by atoms with Crippen LogP contribution in [0.25, 0.3) is 0 Å². The van der Waals surface area contributed by atoms with E-state index in [1.807, 2.05) is 13.8 Å². The van der Waals surface area contributed by atoms with Crippen LogP contribution in [0, 0.1) is 0 Å². The summed E-state index contributed by atoms with van der Waals surface area (Å²) in [6.45, 7) is 3.87. The van der Waals surface area contributed by atoms with E-state index in [0.29, 0.717) is 5.75 Å². The molecule has 1 rings (SSSR count). The van der Waals surface area contributed by atoms with E-state index in [1.54, 1.807) is 12.3 Å². The predicted molar refractivity (Wildman–Crippen MR) is 69.7 cm³/mol. The molecule has 1 aromatic rings. The molecule has 3 unspecified atom stereocenters. The minimum absolute atomic E-state index is 0.0427. The number of phenolic OH excluding ortho intramolecular Hbond substituents is 2. The first-order chi connectivity index (χ1) is 7.90. The van der Waals surface area contributed by atoms with Gasteiger partial charge in [-0.15, -0.1) is 0 Å². The average molecular weight is 257 g/mol. The quantitative estimate of drug-likeness (QED) is 0.748. The summed E-state index contributed by atoms with van der Waals surface area (Å²) in [5.74, 6) is 0.680. The van der Waals surface area contributed by atoms with Gasteiger partial charge in [-0.2, -0.15) is 0 Å². The molecule has 0 bridgehead atoms. The van der Waals surface area contributed by atoms with Crippen molar-refractivity contribution in [1.29, 1.82) is 0 Å². The van der Waals surface area contributed by atoms with Crippen LogP contribution in [-0.2, 0) is 10.8 Å². The average Bonchev–Trinajstić information content (AvgIpc) is 2.15. The number of hydrogen-bond donors (Lipinski definition) is 3. The molecule has 0 saturated heterocycles. The third-order valence-electron chi connectivity index (χ3n) is 2.50. The fourth-order valence-corrected chi connectivity index (χ4v) is 2.62. The second kappa shape index (κ2) is 6.02. The molecule has 0 aromatic heterocycles. The van der Waals surface area contributed by atoms with E-state index < -0.39 is 10.8 Å². The monoisotopic (exact) mass is 257 g/mol. The smallest absolute Gasteiger partial charge is 0.124 e. The maximum atomic E-state index is 11.1. The number of aromatic hydroxyl groups is 2. The zero-order valence-electron chi connectivity index (χ0n) is 10.3. The van der Waals surface area contributed by atoms with E-state index in [0.717, 1.165) is 5.56 Å². The molecule has 0 radical (unpaired) electrons. The second-order valence-corrected chi connectivity index (χ2v) is 5.75. The predicted octanol–water partition coefficient (Wildman–Crippen LogP) is 1.52. The van der Waals surface area contributed by atoms with Crippen molar-refractivity contribution in [3.8, 4) is 11.5 Å². The Labute approximate surface area is 104 Å². The highest BCUT2D eigenvalue weighted by molar-refractivity contribution is 7.84. The number of hydrogen-bond acceptors (Lipinski definition) is 4. The second-order valence-electron chi connectivity index (χ2n) is 4.27. The molecule has 17 heavy (non-hydrogen) atoms. The van der Waals surface area contributed by atoms with Gasteiger partial charge in [0, 0.05) is 46.5 Å². The lowest BCUT2D eigenvalue weighted by atomic mass is 10.1. The molecule has 0 fully saturated rings. The van der Waals surface area contributed by atoms with Gasteiger partial charge in [-0.3, -0.25) is 4.21 Å². The van der Waals surface area contributed by atoms with E-state index in [9.17, 15) is 14.4 Å². The maximum Gasteiger partial charge on any atom is 0.124 e. The van der Waals surface area contributed by atoms with Crippen molar-refractivity contribution < 1.29 is 14.4 Å². The summed E-state index contributed by atoms with van der Waals surface area (Å²) in [5, 5.41) is 22.1. The molecule has 0 aliphatic carbocycles. The molecule has 0 aliphatic heterocycles. The van der Waals surface area contributed by atoms with Gasteiger partial charge in [0.15, 0.2) is 0 Å². The standard InChI is InChI=1S/C12H19NO3S/c1-8(7-17(3)16)13-9(2)11-5-4-10(14)6-12(11)15/h4-6,8-9,13-15H,7H2,1-3H3. The highest BCUT2D eigenvalue weighted by Crippen LogP contribution is 2.27. The Morgan fingerprint density at radius 1 is 1.35 bits per heavy atom. The van der Waals surface area contributed by atoms with Crippen molar-refractivity contribution in [2.75, 3.05) is 12.0 Å². The zero-order valence-corrected chi connectivity index (χ0v) is 11.1. The van der Waals surface area contributed by atoms with Crippen LogP contribution in [0.2, 0.25) is 0 Å². The molecule has 0 spiro atoms. The van der Waals surface area contributed by atoms with Crippen LogP contribution in [0.15, 0.2) is 18.2 Å². The molecule has 0 amide bonds. The Morgan fingerprint density at radius 3 is 2.53 bits per heavy atom. The molecular formula is C12H19NO3S. The summed E-state index contributed by atoms with van der Waals surface area (Å²) >= 11 is 0.